The molecule has 1 aromatic rings. The molecule has 2 atom stereocenters. The van der Waals surface area contributed by atoms with E-state index in [0.29, 0.717) is 13.0 Å². The summed E-state index contributed by atoms with van der Waals surface area (Å²) in [5, 5.41) is 2.89. The van der Waals surface area contributed by atoms with Crippen LogP contribution >= 0.6 is 27.3 Å². The van der Waals surface area contributed by atoms with Crippen molar-refractivity contribution in [3.8, 4) is 0 Å². The topological polar surface area (TPSA) is 49.4 Å². The van der Waals surface area contributed by atoms with Crippen molar-refractivity contribution in [2.24, 2.45) is 5.92 Å². The van der Waals surface area contributed by atoms with E-state index in [1.807, 2.05) is 32.9 Å². The number of nitrogens with one attached hydrogen (secondary N) is 1. The van der Waals surface area contributed by atoms with Crippen molar-refractivity contribution in [1.82, 2.24) is 10.2 Å². The van der Waals surface area contributed by atoms with Gasteiger partial charge in [-0.15, -0.1) is 11.3 Å². The van der Waals surface area contributed by atoms with E-state index in [4.69, 9.17) is 0 Å². The lowest BCUT2D eigenvalue weighted by atomic mass is 9.96. The van der Waals surface area contributed by atoms with Gasteiger partial charge in [0.25, 0.3) is 0 Å². The third-order valence-electron chi connectivity index (χ3n) is 3.71. The summed E-state index contributed by atoms with van der Waals surface area (Å²) in [6.07, 6.45) is 1.58. The fraction of sp³-hybridized carbons (Fsp3) is 0.600. The number of rotatable bonds is 5. The van der Waals surface area contributed by atoms with E-state index in [1.54, 1.807) is 16.2 Å². The van der Waals surface area contributed by atoms with Gasteiger partial charge in [0.1, 0.15) is 12.1 Å². The molecule has 0 bridgehead atoms. The van der Waals surface area contributed by atoms with Crippen LogP contribution in [0.3, 0.4) is 0 Å². The van der Waals surface area contributed by atoms with Crippen molar-refractivity contribution in [3.05, 3.63) is 20.8 Å². The average molecular weight is 373 g/mol. The molecule has 21 heavy (non-hydrogen) atoms. The molecule has 1 saturated heterocycles. The molecule has 1 aromatic heterocycles. The molecule has 1 N–H and O–H groups in total. The zero-order chi connectivity index (χ0) is 15.6. The highest BCUT2D eigenvalue weighted by Crippen LogP contribution is 2.27. The third kappa shape index (κ3) is 3.66. The Bertz CT molecular complexity index is 529. The quantitative estimate of drug-likeness (QED) is 0.862. The maximum absolute atomic E-state index is 12.7. The van der Waals surface area contributed by atoms with Gasteiger partial charge < -0.3 is 10.2 Å². The Morgan fingerprint density at radius 1 is 1.38 bits per heavy atom. The van der Waals surface area contributed by atoms with Crippen LogP contribution in [0.2, 0.25) is 0 Å². The monoisotopic (exact) mass is 372 g/mol. The van der Waals surface area contributed by atoms with E-state index in [0.717, 1.165) is 15.1 Å². The summed E-state index contributed by atoms with van der Waals surface area (Å²) in [6.45, 7) is 6.47. The van der Waals surface area contributed by atoms with E-state index in [1.165, 1.54) is 0 Å². The summed E-state index contributed by atoms with van der Waals surface area (Å²) in [5.41, 5.74) is 0. The molecular weight excluding hydrogens is 352 g/mol. The van der Waals surface area contributed by atoms with Crippen molar-refractivity contribution >= 4 is 39.1 Å². The molecule has 2 heterocycles. The maximum Gasteiger partial charge on any atom is 0.246 e. The van der Waals surface area contributed by atoms with Crippen molar-refractivity contribution in [2.45, 2.75) is 52.2 Å². The van der Waals surface area contributed by atoms with Gasteiger partial charge in [-0.3, -0.25) is 9.59 Å². The van der Waals surface area contributed by atoms with Crippen molar-refractivity contribution in [3.63, 3.8) is 0 Å². The molecule has 0 aliphatic carbocycles. The lowest BCUT2D eigenvalue weighted by Crippen LogP contribution is -2.64. The Hall–Kier alpha value is -0.880. The van der Waals surface area contributed by atoms with Gasteiger partial charge >= 0.3 is 0 Å². The second kappa shape index (κ2) is 6.92. The molecule has 116 valence electrons. The Balaban J connectivity index is 2.25. The Morgan fingerprint density at radius 3 is 2.62 bits per heavy atom. The van der Waals surface area contributed by atoms with E-state index in [2.05, 4.69) is 21.2 Å². The summed E-state index contributed by atoms with van der Waals surface area (Å²) in [6, 6.07) is 3.22. The minimum absolute atomic E-state index is 0.0224. The number of hydrogen-bond donors (Lipinski definition) is 1. The fourth-order valence-corrected chi connectivity index (χ4v) is 4.07. The van der Waals surface area contributed by atoms with E-state index >= 15 is 0 Å². The van der Waals surface area contributed by atoms with Gasteiger partial charge in [-0.25, -0.2) is 0 Å². The molecule has 4 nitrogen and oxygen atoms in total. The molecule has 0 saturated carbocycles. The normalized spacial score (nSPS) is 22.8. The van der Waals surface area contributed by atoms with Gasteiger partial charge in [0.05, 0.1) is 10.3 Å². The second-order valence-electron chi connectivity index (χ2n) is 5.71. The number of carbonyl (C=O) groups excluding carboxylic acids is 2. The fourth-order valence-electron chi connectivity index (χ4n) is 2.59. The summed E-state index contributed by atoms with van der Waals surface area (Å²) in [7, 11) is 0. The molecule has 2 amide bonds. The SMILES string of the molecule is CCCC1C(=O)NC(C(C)C)C(=O)N1Cc1ccc(Br)s1. The first-order valence-electron chi connectivity index (χ1n) is 7.29. The van der Waals surface area contributed by atoms with E-state index in [-0.39, 0.29) is 23.8 Å². The first-order chi connectivity index (χ1) is 9.93. The number of nitrogens with zero attached hydrogens (tertiary/aromatic N) is 1. The summed E-state index contributed by atoms with van der Waals surface area (Å²) in [5.74, 6) is 0.111. The molecule has 2 rings (SSSR count). The highest BCUT2D eigenvalue weighted by atomic mass is 79.9. The van der Waals surface area contributed by atoms with Crippen LogP contribution in [0.15, 0.2) is 15.9 Å². The predicted molar refractivity (Wildman–Crippen MR) is 88.0 cm³/mol. The van der Waals surface area contributed by atoms with Gasteiger partial charge in [-0.2, -0.15) is 0 Å². The smallest absolute Gasteiger partial charge is 0.246 e. The number of thiophene rings is 1. The number of hydrogen-bond acceptors (Lipinski definition) is 3. The van der Waals surface area contributed by atoms with Crippen LogP contribution in [0, 0.1) is 5.92 Å². The van der Waals surface area contributed by atoms with E-state index in [9.17, 15) is 9.59 Å². The van der Waals surface area contributed by atoms with Crippen LogP contribution < -0.4 is 5.32 Å². The van der Waals surface area contributed by atoms with Gasteiger partial charge in [0, 0.05) is 4.88 Å². The van der Waals surface area contributed by atoms with Crippen LogP contribution in [0.5, 0.6) is 0 Å². The van der Waals surface area contributed by atoms with Gasteiger partial charge in [-0.05, 0) is 40.4 Å². The number of carbonyl (C=O) groups is 2. The Labute approximate surface area is 138 Å². The first kappa shape index (κ1) is 16.5. The number of amides is 2. The molecule has 0 aromatic carbocycles. The molecular formula is C15H21BrN2O2S. The number of piperazine rings is 1. The van der Waals surface area contributed by atoms with Crippen molar-refractivity contribution < 1.29 is 9.59 Å². The molecule has 1 aliphatic heterocycles. The first-order valence-corrected chi connectivity index (χ1v) is 8.90. The van der Waals surface area contributed by atoms with Gasteiger partial charge in [0.2, 0.25) is 11.8 Å². The molecule has 0 spiro atoms. The maximum atomic E-state index is 12.7. The minimum Gasteiger partial charge on any atom is -0.342 e. The third-order valence-corrected chi connectivity index (χ3v) is 5.32. The van der Waals surface area contributed by atoms with Crippen LogP contribution in [0.25, 0.3) is 0 Å². The lowest BCUT2D eigenvalue weighted by molar-refractivity contribution is -0.151. The highest BCUT2D eigenvalue weighted by molar-refractivity contribution is 9.11. The number of halogens is 1. The largest absolute Gasteiger partial charge is 0.342 e. The van der Waals surface area contributed by atoms with Gasteiger partial charge in [-0.1, -0.05) is 27.2 Å². The van der Waals surface area contributed by atoms with Crippen LogP contribution in [0.1, 0.15) is 38.5 Å². The van der Waals surface area contributed by atoms with Crippen molar-refractivity contribution in [1.29, 1.82) is 0 Å². The van der Waals surface area contributed by atoms with Gasteiger partial charge in [0.15, 0.2) is 0 Å². The highest BCUT2D eigenvalue weighted by Gasteiger charge is 2.41. The standard InChI is InChI=1S/C15H21BrN2O2S/c1-4-5-11-14(19)17-13(9(2)3)15(20)18(11)8-10-6-7-12(16)21-10/h6-7,9,11,13H,4-5,8H2,1-3H3,(H,17,19). The second-order valence-corrected chi connectivity index (χ2v) is 8.25. The summed E-state index contributed by atoms with van der Waals surface area (Å²) < 4.78 is 1.04. The molecule has 2 unspecified atom stereocenters. The molecule has 1 aliphatic rings. The lowest BCUT2D eigenvalue weighted by Gasteiger charge is -2.40. The molecule has 0 radical (unpaired) electrons. The molecule has 1 fully saturated rings. The minimum atomic E-state index is -0.408. The average Bonchev–Trinajstić information content (AvgIpc) is 2.83. The Morgan fingerprint density at radius 2 is 2.10 bits per heavy atom. The van der Waals surface area contributed by atoms with Crippen LogP contribution in [0.4, 0.5) is 0 Å². The zero-order valence-corrected chi connectivity index (χ0v) is 15.0. The summed E-state index contributed by atoms with van der Waals surface area (Å²) >= 11 is 5.05. The van der Waals surface area contributed by atoms with E-state index < -0.39 is 6.04 Å². The summed E-state index contributed by atoms with van der Waals surface area (Å²) in [4.78, 5) is 27.9. The molecule has 6 heteroatoms. The zero-order valence-electron chi connectivity index (χ0n) is 12.6. The van der Waals surface area contributed by atoms with Crippen molar-refractivity contribution in [2.75, 3.05) is 0 Å². The van der Waals surface area contributed by atoms with Crippen LogP contribution in [-0.4, -0.2) is 28.8 Å². The Kier molecular flexibility index (Phi) is 5.43. The predicted octanol–water partition coefficient (Wildman–Crippen LogP) is 3.16. The van der Waals surface area contributed by atoms with Crippen LogP contribution in [-0.2, 0) is 16.1 Å².